The molecule has 1 radical (unpaired) electrons. The molecule has 1 aromatic carbocycles. The third-order valence-electron chi connectivity index (χ3n) is 2.98. The molecule has 1 heterocycles. The quantitative estimate of drug-likeness (QED) is 0.674. The molecule has 0 fully saturated rings. The first kappa shape index (κ1) is 16.2. The molecule has 97 valence electrons. The Labute approximate surface area is 140 Å². The molecule has 1 atom stereocenters. The number of benzene rings is 1. The van der Waals surface area contributed by atoms with Gasteiger partial charge in [0.05, 0.1) is 0 Å². The Balaban J connectivity index is 0.00000180. The first-order valence-electron chi connectivity index (χ1n) is 6.11. The Bertz CT molecular complexity index is 476. The average Bonchev–Trinajstić information content (AvgIpc) is 2.40. The van der Waals surface area contributed by atoms with Crippen molar-refractivity contribution in [3.05, 3.63) is 60.8 Å². The minimum Gasteiger partial charge on any atom is -0.490 e. The second kappa shape index (κ2) is 7.66. The number of rotatable bonds is 4. The van der Waals surface area contributed by atoms with Crippen LogP contribution in [-0.4, -0.2) is 6.61 Å². The van der Waals surface area contributed by atoms with Crippen molar-refractivity contribution < 1.29 is 37.4 Å². The van der Waals surface area contributed by atoms with Crippen molar-refractivity contribution in [3.8, 4) is 5.75 Å². The van der Waals surface area contributed by atoms with E-state index in [-0.39, 0.29) is 32.7 Å². The smallest absolute Gasteiger partial charge is 0.116 e. The second-order valence-corrected chi connectivity index (χ2v) is 4.43. The number of hydrogen-bond acceptors (Lipinski definition) is 2. The molecule has 0 amide bonds. The van der Waals surface area contributed by atoms with Crippen molar-refractivity contribution >= 4 is 5.70 Å². The van der Waals surface area contributed by atoms with Gasteiger partial charge in [0.15, 0.2) is 0 Å². The number of hydrogen-bond donors (Lipinski definition) is 1. The third-order valence-corrected chi connectivity index (χ3v) is 2.98. The van der Waals surface area contributed by atoms with Crippen molar-refractivity contribution in [1.82, 2.24) is 5.32 Å². The average molecular weight is 329 g/mol. The summed E-state index contributed by atoms with van der Waals surface area (Å²) < 4.78 is 5.45. The van der Waals surface area contributed by atoms with Crippen LogP contribution in [0.5, 0.6) is 5.75 Å². The topological polar surface area (TPSA) is 21.3 Å². The van der Waals surface area contributed by atoms with Gasteiger partial charge in [0, 0.05) is 38.4 Å². The van der Waals surface area contributed by atoms with Crippen molar-refractivity contribution in [2.24, 2.45) is 5.92 Å². The first-order chi connectivity index (χ1) is 8.70. The van der Waals surface area contributed by atoms with Crippen LogP contribution in [0, 0.1) is 12.0 Å². The summed E-state index contributed by atoms with van der Waals surface area (Å²) in [5.74, 6) is 1.30. The molecule has 0 spiro atoms. The van der Waals surface area contributed by atoms with Gasteiger partial charge in [-0.1, -0.05) is 26.2 Å². The van der Waals surface area contributed by atoms with Crippen LogP contribution in [-0.2, 0) is 32.7 Å². The molecule has 1 N–H and O–H groups in total. The van der Waals surface area contributed by atoms with E-state index in [1.807, 2.05) is 24.3 Å². The van der Waals surface area contributed by atoms with Gasteiger partial charge >= 0.3 is 0 Å². The molecular weight excluding hydrogens is 311 g/mol. The Hall–Kier alpha value is -0.856. The molecule has 2 nitrogen and oxygen atoms in total. The van der Waals surface area contributed by atoms with E-state index in [9.17, 15) is 0 Å². The van der Waals surface area contributed by atoms with Crippen LogP contribution in [0.15, 0.2) is 49.2 Å². The number of ether oxygens (including phenoxy) is 1. The van der Waals surface area contributed by atoms with Crippen molar-refractivity contribution in [2.45, 2.75) is 13.3 Å². The Morgan fingerprint density at radius 1 is 1.42 bits per heavy atom. The Kier molecular flexibility index (Phi) is 6.54. The van der Waals surface area contributed by atoms with Gasteiger partial charge in [-0.05, 0) is 18.1 Å². The minimum atomic E-state index is 0. The predicted molar refractivity (Wildman–Crippen MR) is 74.8 cm³/mol. The molecule has 3 heteroatoms. The minimum absolute atomic E-state index is 0. The van der Waals surface area contributed by atoms with Gasteiger partial charge in [-0.3, -0.25) is 0 Å². The standard InChI is InChI=1S/C16H18NO.Y/c1-4-11-18-15-8-6-14(7-9-15)16-10-5-12(2)13(3)17-16;/h4,6-9,12,17H,1,3,5,11H2,2H3;/q-1;. The SMILES string of the molecule is C=CCOc1ccc(C2=[C-]CC(C)C(=C)N2)cc1.[Y]. The van der Waals surface area contributed by atoms with Gasteiger partial charge in [0.2, 0.25) is 0 Å². The molecule has 0 bridgehead atoms. The third kappa shape index (κ3) is 4.33. The molecule has 19 heavy (non-hydrogen) atoms. The zero-order valence-electron chi connectivity index (χ0n) is 11.3. The summed E-state index contributed by atoms with van der Waals surface area (Å²) in [5.41, 5.74) is 3.16. The van der Waals surface area contributed by atoms with Crippen LogP contribution >= 0.6 is 0 Å². The van der Waals surface area contributed by atoms with Crippen LogP contribution < -0.4 is 10.1 Å². The van der Waals surface area contributed by atoms with Gasteiger partial charge in [-0.25, -0.2) is 6.08 Å². The molecular formula is C16H18NOY-. The molecule has 1 unspecified atom stereocenters. The van der Waals surface area contributed by atoms with Gasteiger partial charge in [0.25, 0.3) is 0 Å². The predicted octanol–water partition coefficient (Wildman–Crippen LogP) is 3.54. The molecule has 1 aromatic rings. The zero-order chi connectivity index (χ0) is 13.0. The summed E-state index contributed by atoms with van der Waals surface area (Å²) in [4.78, 5) is 0. The van der Waals surface area contributed by atoms with E-state index in [2.05, 4.69) is 31.5 Å². The second-order valence-electron chi connectivity index (χ2n) is 4.43. The monoisotopic (exact) mass is 329 g/mol. The van der Waals surface area contributed by atoms with E-state index in [0.717, 1.165) is 29.1 Å². The van der Waals surface area contributed by atoms with Crippen LogP contribution in [0.4, 0.5) is 0 Å². The van der Waals surface area contributed by atoms with Gasteiger partial charge in [-0.15, -0.1) is 24.3 Å². The van der Waals surface area contributed by atoms with E-state index in [1.165, 1.54) is 0 Å². The van der Waals surface area contributed by atoms with E-state index in [0.29, 0.717) is 12.5 Å². The zero-order valence-corrected chi connectivity index (χ0v) is 14.1. The normalized spacial score (nSPS) is 17.8. The van der Waals surface area contributed by atoms with Crippen molar-refractivity contribution in [1.29, 1.82) is 0 Å². The van der Waals surface area contributed by atoms with Crippen LogP contribution in [0.25, 0.3) is 5.70 Å². The summed E-state index contributed by atoms with van der Waals surface area (Å²) in [6.07, 6.45) is 6.01. The number of allylic oxidation sites excluding steroid dienone is 2. The summed E-state index contributed by atoms with van der Waals surface area (Å²) in [6, 6.07) is 7.96. The molecule has 0 aromatic heterocycles. The molecule has 2 rings (SSSR count). The summed E-state index contributed by atoms with van der Waals surface area (Å²) in [5, 5.41) is 3.30. The molecule has 0 saturated carbocycles. The summed E-state index contributed by atoms with van der Waals surface area (Å²) in [7, 11) is 0. The van der Waals surface area contributed by atoms with Gasteiger partial charge in [-0.2, -0.15) is 5.56 Å². The van der Waals surface area contributed by atoms with E-state index < -0.39 is 0 Å². The largest absolute Gasteiger partial charge is 0.490 e. The molecule has 0 aliphatic carbocycles. The Morgan fingerprint density at radius 2 is 2.11 bits per heavy atom. The van der Waals surface area contributed by atoms with Crippen molar-refractivity contribution in [3.63, 3.8) is 0 Å². The number of nitrogens with one attached hydrogen (secondary N) is 1. The summed E-state index contributed by atoms with van der Waals surface area (Å²) >= 11 is 0. The van der Waals surface area contributed by atoms with E-state index in [1.54, 1.807) is 6.08 Å². The molecule has 1 aliphatic rings. The Morgan fingerprint density at radius 3 is 2.68 bits per heavy atom. The van der Waals surface area contributed by atoms with Gasteiger partial charge in [0.1, 0.15) is 12.4 Å². The molecule has 0 saturated heterocycles. The van der Waals surface area contributed by atoms with Crippen molar-refractivity contribution in [2.75, 3.05) is 6.61 Å². The first-order valence-corrected chi connectivity index (χ1v) is 6.11. The maximum Gasteiger partial charge on any atom is 0.116 e. The van der Waals surface area contributed by atoms with E-state index >= 15 is 0 Å². The molecule has 1 aliphatic heterocycles. The van der Waals surface area contributed by atoms with Crippen LogP contribution in [0.2, 0.25) is 0 Å². The summed E-state index contributed by atoms with van der Waals surface area (Å²) in [6.45, 7) is 10.3. The fourth-order valence-electron chi connectivity index (χ4n) is 1.75. The van der Waals surface area contributed by atoms with Gasteiger partial charge < -0.3 is 10.1 Å². The van der Waals surface area contributed by atoms with E-state index in [4.69, 9.17) is 4.74 Å². The fourth-order valence-corrected chi connectivity index (χ4v) is 1.75. The maximum atomic E-state index is 5.45. The fraction of sp³-hybridized carbons (Fsp3) is 0.250. The van der Waals surface area contributed by atoms with Crippen LogP contribution in [0.1, 0.15) is 18.9 Å². The maximum absolute atomic E-state index is 5.45. The van der Waals surface area contributed by atoms with Crippen LogP contribution in [0.3, 0.4) is 0 Å².